The standard InChI is InChI=1S/C15H24N2O3S/c1-4-15(13(18)19,17-12-6-7-12)8-5-9-21-14-16-10(2)11(3)20-14/h12,17H,4-9H2,1-3H3,(H,18,19). The lowest BCUT2D eigenvalue weighted by Gasteiger charge is -2.29. The van der Waals surface area contributed by atoms with E-state index in [9.17, 15) is 9.90 Å². The van der Waals surface area contributed by atoms with Crippen LogP contribution < -0.4 is 5.32 Å². The number of carboxylic acid groups (broad SMARTS) is 1. The molecule has 1 saturated carbocycles. The molecule has 1 fully saturated rings. The molecule has 1 aromatic heterocycles. The second-order valence-corrected chi connectivity index (χ2v) is 6.78. The SMILES string of the molecule is CCC(CCCSc1nc(C)c(C)o1)(NC1CC1)C(=O)O. The monoisotopic (exact) mass is 312 g/mol. The van der Waals surface area contributed by atoms with Gasteiger partial charge in [-0.1, -0.05) is 18.7 Å². The molecule has 2 N–H and O–H groups in total. The van der Waals surface area contributed by atoms with Crippen molar-refractivity contribution >= 4 is 17.7 Å². The number of carboxylic acids is 1. The zero-order chi connectivity index (χ0) is 15.5. The predicted molar refractivity (Wildman–Crippen MR) is 82.8 cm³/mol. The summed E-state index contributed by atoms with van der Waals surface area (Å²) in [6.07, 6.45) is 4.27. The van der Waals surface area contributed by atoms with Crippen molar-refractivity contribution < 1.29 is 14.3 Å². The van der Waals surface area contributed by atoms with Crippen molar-refractivity contribution in [2.75, 3.05) is 5.75 Å². The first-order valence-corrected chi connectivity index (χ1v) is 8.53. The molecular weight excluding hydrogens is 288 g/mol. The summed E-state index contributed by atoms with van der Waals surface area (Å²) >= 11 is 1.55. The maximum atomic E-state index is 11.6. The summed E-state index contributed by atoms with van der Waals surface area (Å²) in [6, 6.07) is 0.394. The number of aliphatic carboxylic acids is 1. The van der Waals surface area contributed by atoms with Gasteiger partial charge < -0.3 is 9.52 Å². The first kappa shape index (κ1) is 16.4. The molecule has 0 amide bonds. The molecule has 0 saturated heterocycles. The van der Waals surface area contributed by atoms with Crippen LogP contribution >= 0.6 is 11.8 Å². The number of oxazole rings is 1. The van der Waals surface area contributed by atoms with E-state index in [1.807, 2.05) is 20.8 Å². The van der Waals surface area contributed by atoms with Crippen LogP contribution in [0.25, 0.3) is 0 Å². The van der Waals surface area contributed by atoms with E-state index in [1.165, 1.54) is 0 Å². The van der Waals surface area contributed by atoms with Crippen molar-refractivity contribution in [3.8, 4) is 0 Å². The zero-order valence-electron chi connectivity index (χ0n) is 12.9. The van der Waals surface area contributed by atoms with E-state index in [1.54, 1.807) is 11.8 Å². The fourth-order valence-electron chi connectivity index (χ4n) is 2.33. The van der Waals surface area contributed by atoms with Gasteiger partial charge >= 0.3 is 5.97 Å². The quantitative estimate of drug-likeness (QED) is 0.539. The van der Waals surface area contributed by atoms with Crippen molar-refractivity contribution in [2.45, 2.75) is 69.7 Å². The average Bonchev–Trinajstić information content (AvgIpc) is 3.19. The molecule has 0 spiro atoms. The van der Waals surface area contributed by atoms with Gasteiger partial charge in [0.2, 0.25) is 0 Å². The molecule has 2 rings (SSSR count). The largest absolute Gasteiger partial charge is 0.480 e. The number of hydrogen-bond donors (Lipinski definition) is 2. The maximum Gasteiger partial charge on any atom is 0.323 e. The van der Waals surface area contributed by atoms with Crippen LogP contribution in [0.3, 0.4) is 0 Å². The van der Waals surface area contributed by atoms with Gasteiger partial charge in [-0.2, -0.15) is 0 Å². The molecule has 1 atom stereocenters. The molecule has 6 heteroatoms. The molecule has 0 radical (unpaired) electrons. The lowest BCUT2D eigenvalue weighted by Crippen LogP contribution is -2.52. The minimum absolute atomic E-state index is 0.394. The molecule has 5 nitrogen and oxygen atoms in total. The fourth-order valence-corrected chi connectivity index (χ4v) is 3.18. The third-order valence-corrected chi connectivity index (χ3v) is 4.97. The summed E-state index contributed by atoms with van der Waals surface area (Å²) in [4.78, 5) is 15.9. The van der Waals surface area contributed by atoms with E-state index in [0.717, 1.165) is 36.5 Å². The van der Waals surface area contributed by atoms with Crippen molar-refractivity contribution in [1.82, 2.24) is 10.3 Å². The zero-order valence-corrected chi connectivity index (χ0v) is 13.8. The Kier molecular flexibility index (Phi) is 5.32. The number of rotatable bonds is 9. The van der Waals surface area contributed by atoms with E-state index in [0.29, 0.717) is 24.1 Å². The van der Waals surface area contributed by atoms with Gasteiger partial charge in [0, 0.05) is 11.8 Å². The van der Waals surface area contributed by atoms with Crippen molar-refractivity contribution in [3.63, 3.8) is 0 Å². The molecule has 0 bridgehead atoms. The van der Waals surface area contributed by atoms with Crippen LogP contribution in [0.4, 0.5) is 0 Å². The summed E-state index contributed by atoms with van der Waals surface area (Å²) in [5.74, 6) is 0.937. The van der Waals surface area contributed by atoms with E-state index < -0.39 is 11.5 Å². The minimum Gasteiger partial charge on any atom is -0.480 e. The average molecular weight is 312 g/mol. The number of nitrogens with zero attached hydrogens (tertiary/aromatic N) is 1. The third-order valence-electron chi connectivity index (χ3n) is 4.05. The highest BCUT2D eigenvalue weighted by Crippen LogP contribution is 2.29. The fraction of sp³-hybridized carbons (Fsp3) is 0.733. The van der Waals surface area contributed by atoms with Gasteiger partial charge in [0.25, 0.3) is 5.22 Å². The highest BCUT2D eigenvalue weighted by molar-refractivity contribution is 7.99. The lowest BCUT2D eigenvalue weighted by molar-refractivity contribution is -0.145. The van der Waals surface area contributed by atoms with Gasteiger partial charge in [0.05, 0.1) is 5.69 Å². The Morgan fingerprint density at radius 1 is 1.52 bits per heavy atom. The summed E-state index contributed by atoms with van der Waals surface area (Å²) < 4.78 is 5.51. The lowest BCUT2D eigenvalue weighted by atomic mass is 9.90. The molecule has 0 aromatic carbocycles. The van der Waals surface area contributed by atoms with E-state index >= 15 is 0 Å². The van der Waals surface area contributed by atoms with Crippen LogP contribution in [0.15, 0.2) is 9.64 Å². The van der Waals surface area contributed by atoms with Crippen molar-refractivity contribution in [2.24, 2.45) is 0 Å². The van der Waals surface area contributed by atoms with E-state index in [4.69, 9.17) is 4.42 Å². The minimum atomic E-state index is -0.774. The van der Waals surface area contributed by atoms with Gasteiger partial charge in [-0.05, 0) is 46.0 Å². The van der Waals surface area contributed by atoms with Crippen LogP contribution in [0.5, 0.6) is 0 Å². The second-order valence-electron chi connectivity index (χ2n) is 5.73. The highest BCUT2D eigenvalue weighted by Gasteiger charge is 2.40. The second kappa shape index (κ2) is 6.83. The normalized spacial score (nSPS) is 17.7. The van der Waals surface area contributed by atoms with Crippen molar-refractivity contribution in [1.29, 1.82) is 0 Å². The Hall–Kier alpha value is -1.01. The van der Waals surface area contributed by atoms with Gasteiger partial charge in [0.1, 0.15) is 11.3 Å². The Bertz CT molecular complexity index is 480. The molecule has 0 aliphatic heterocycles. The Balaban J connectivity index is 1.82. The van der Waals surface area contributed by atoms with Gasteiger partial charge in [-0.25, -0.2) is 4.98 Å². The van der Waals surface area contributed by atoms with Crippen LogP contribution in [-0.4, -0.2) is 33.4 Å². The summed E-state index contributed by atoms with van der Waals surface area (Å²) in [5, 5.41) is 13.6. The smallest absolute Gasteiger partial charge is 0.323 e. The van der Waals surface area contributed by atoms with Crippen molar-refractivity contribution in [3.05, 3.63) is 11.5 Å². The van der Waals surface area contributed by atoms with Crippen LogP contribution in [0.1, 0.15) is 50.5 Å². The Morgan fingerprint density at radius 3 is 2.71 bits per heavy atom. The first-order chi connectivity index (χ1) is 9.97. The van der Waals surface area contributed by atoms with Crippen LogP contribution in [0, 0.1) is 13.8 Å². The Morgan fingerprint density at radius 2 is 2.24 bits per heavy atom. The highest BCUT2D eigenvalue weighted by atomic mass is 32.2. The molecule has 1 aliphatic carbocycles. The number of hydrogen-bond acceptors (Lipinski definition) is 5. The van der Waals surface area contributed by atoms with Crippen LogP contribution in [-0.2, 0) is 4.79 Å². The summed E-state index contributed by atoms with van der Waals surface area (Å²) in [5.41, 5.74) is 0.144. The Labute approximate surface area is 129 Å². The molecule has 1 heterocycles. The third kappa shape index (κ3) is 4.23. The molecule has 21 heavy (non-hydrogen) atoms. The number of aryl methyl sites for hydroxylation is 2. The molecule has 1 aliphatic rings. The van der Waals surface area contributed by atoms with E-state index in [-0.39, 0.29) is 0 Å². The molecule has 1 unspecified atom stereocenters. The number of nitrogens with one attached hydrogen (secondary N) is 1. The first-order valence-electron chi connectivity index (χ1n) is 7.55. The molecule has 1 aromatic rings. The van der Waals surface area contributed by atoms with Gasteiger partial charge in [-0.15, -0.1) is 0 Å². The topological polar surface area (TPSA) is 75.4 Å². The van der Waals surface area contributed by atoms with Crippen LogP contribution in [0.2, 0.25) is 0 Å². The number of carbonyl (C=O) groups is 1. The van der Waals surface area contributed by atoms with Gasteiger partial charge in [-0.3, -0.25) is 10.1 Å². The number of aromatic nitrogens is 1. The van der Waals surface area contributed by atoms with Gasteiger partial charge in [0.15, 0.2) is 0 Å². The number of thioether (sulfide) groups is 1. The maximum absolute atomic E-state index is 11.6. The molecule has 118 valence electrons. The summed E-state index contributed by atoms with van der Waals surface area (Å²) in [7, 11) is 0. The van der Waals surface area contributed by atoms with E-state index in [2.05, 4.69) is 10.3 Å². The summed E-state index contributed by atoms with van der Waals surface area (Å²) in [6.45, 7) is 5.77. The molecular formula is C15H24N2O3S. The predicted octanol–water partition coefficient (Wildman–Crippen LogP) is 3.15.